The summed E-state index contributed by atoms with van der Waals surface area (Å²) in [6.45, 7) is 5.32. The van der Waals surface area contributed by atoms with Crippen molar-refractivity contribution in [1.29, 1.82) is 0 Å². The summed E-state index contributed by atoms with van der Waals surface area (Å²) in [7, 11) is 0. The lowest BCUT2D eigenvalue weighted by Crippen LogP contribution is -2.67. The fourth-order valence-electron chi connectivity index (χ4n) is 3.40. The highest BCUT2D eigenvalue weighted by molar-refractivity contribution is 5.01. The Morgan fingerprint density at radius 2 is 1.57 bits per heavy atom. The van der Waals surface area contributed by atoms with Gasteiger partial charge in [0.1, 0.15) is 0 Å². The second kappa shape index (κ2) is 3.49. The molecule has 2 heteroatoms. The van der Waals surface area contributed by atoms with Crippen LogP contribution in [-0.4, -0.2) is 37.1 Å². The number of hydrogen-bond acceptors (Lipinski definition) is 2. The minimum Gasteiger partial charge on any atom is -0.314 e. The van der Waals surface area contributed by atoms with E-state index in [-0.39, 0.29) is 0 Å². The van der Waals surface area contributed by atoms with E-state index < -0.39 is 0 Å². The zero-order valence-electron chi connectivity index (χ0n) is 9.10. The van der Waals surface area contributed by atoms with Gasteiger partial charge in [-0.25, -0.2) is 0 Å². The second-order valence-corrected chi connectivity index (χ2v) is 5.63. The number of likely N-dealkylation sites (tertiary alicyclic amines) is 1. The summed E-state index contributed by atoms with van der Waals surface area (Å²) in [6.07, 6.45) is 9.01. The van der Waals surface area contributed by atoms with E-state index in [0.717, 1.165) is 11.5 Å². The molecule has 0 unspecified atom stereocenters. The largest absolute Gasteiger partial charge is 0.314 e. The molecule has 80 valence electrons. The van der Waals surface area contributed by atoms with Gasteiger partial charge in [0.2, 0.25) is 0 Å². The smallest absolute Gasteiger partial charge is 0.0345 e. The Hall–Kier alpha value is -0.0800. The second-order valence-electron chi connectivity index (χ2n) is 5.63. The highest BCUT2D eigenvalue weighted by atomic mass is 15.3. The van der Waals surface area contributed by atoms with E-state index in [0.29, 0.717) is 0 Å². The SMILES string of the molecule is C1CCCC2(CC1)CN(C1CNC1)C2. The van der Waals surface area contributed by atoms with E-state index in [9.17, 15) is 0 Å². The molecule has 2 nitrogen and oxygen atoms in total. The van der Waals surface area contributed by atoms with Gasteiger partial charge in [-0.1, -0.05) is 25.7 Å². The molecule has 1 spiro atoms. The van der Waals surface area contributed by atoms with Gasteiger partial charge in [0.25, 0.3) is 0 Å². The fourth-order valence-corrected chi connectivity index (χ4v) is 3.40. The quantitative estimate of drug-likeness (QED) is 0.682. The van der Waals surface area contributed by atoms with Crippen LogP contribution in [0.25, 0.3) is 0 Å². The maximum absolute atomic E-state index is 3.37. The molecule has 0 aromatic carbocycles. The van der Waals surface area contributed by atoms with Crippen molar-refractivity contribution in [2.45, 2.75) is 44.6 Å². The van der Waals surface area contributed by atoms with E-state index in [1.54, 1.807) is 0 Å². The van der Waals surface area contributed by atoms with Gasteiger partial charge in [0.15, 0.2) is 0 Å². The molecule has 2 saturated heterocycles. The molecule has 0 aromatic rings. The van der Waals surface area contributed by atoms with Crippen LogP contribution in [0.4, 0.5) is 0 Å². The van der Waals surface area contributed by atoms with Crippen molar-refractivity contribution < 1.29 is 0 Å². The van der Waals surface area contributed by atoms with Crippen LogP contribution >= 0.6 is 0 Å². The highest BCUT2D eigenvalue weighted by Gasteiger charge is 2.45. The van der Waals surface area contributed by atoms with E-state index in [2.05, 4.69) is 10.2 Å². The summed E-state index contributed by atoms with van der Waals surface area (Å²) >= 11 is 0. The van der Waals surface area contributed by atoms with Gasteiger partial charge in [-0.2, -0.15) is 0 Å². The van der Waals surface area contributed by atoms with E-state index in [1.165, 1.54) is 64.7 Å². The molecule has 3 aliphatic rings. The van der Waals surface area contributed by atoms with Gasteiger partial charge < -0.3 is 5.32 Å². The Labute approximate surface area is 87.0 Å². The van der Waals surface area contributed by atoms with Crippen molar-refractivity contribution in [2.24, 2.45) is 5.41 Å². The van der Waals surface area contributed by atoms with Crippen molar-refractivity contribution >= 4 is 0 Å². The summed E-state index contributed by atoms with van der Waals surface area (Å²) in [5.74, 6) is 0. The zero-order chi connectivity index (χ0) is 9.43. The molecule has 0 aromatic heterocycles. The van der Waals surface area contributed by atoms with Gasteiger partial charge in [0.05, 0.1) is 0 Å². The standard InChI is InChI=1S/C12H22N2/c1-2-4-6-12(5-3-1)9-14(10-12)11-7-13-8-11/h11,13H,1-10H2. The zero-order valence-corrected chi connectivity index (χ0v) is 9.10. The van der Waals surface area contributed by atoms with Crippen LogP contribution in [0, 0.1) is 5.41 Å². The number of hydrogen-bond donors (Lipinski definition) is 1. The average molecular weight is 194 g/mol. The van der Waals surface area contributed by atoms with Crippen LogP contribution in [0.1, 0.15) is 38.5 Å². The summed E-state index contributed by atoms with van der Waals surface area (Å²) in [6, 6.07) is 0.892. The first-order valence-electron chi connectivity index (χ1n) is 6.33. The number of nitrogens with zero attached hydrogens (tertiary/aromatic N) is 1. The van der Waals surface area contributed by atoms with Crippen LogP contribution in [0.3, 0.4) is 0 Å². The van der Waals surface area contributed by atoms with Gasteiger partial charge in [-0.05, 0) is 18.3 Å². The van der Waals surface area contributed by atoms with Crippen LogP contribution in [0.2, 0.25) is 0 Å². The Morgan fingerprint density at radius 1 is 0.929 bits per heavy atom. The van der Waals surface area contributed by atoms with Crippen molar-refractivity contribution in [1.82, 2.24) is 10.2 Å². The first-order valence-corrected chi connectivity index (χ1v) is 6.33. The molecule has 0 bridgehead atoms. The summed E-state index contributed by atoms with van der Waals surface area (Å²) < 4.78 is 0. The number of nitrogens with one attached hydrogen (secondary N) is 1. The van der Waals surface area contributed by atoms with Gasteiger partial charge in [-0.3, -0.25) is 4.90 Å². The molecule has 1 N–H and O–H groups in total. The third-order valence-electron chi connectivity index (χ3n) is 4.52. The molecule has 3 fully saturated rings. The van der Waals surface area contributed by atoms with Gasteiger partial charge >= 0.3 is 0 Å². The fraction of sp³-hybridized carbons (Fsp3) is 1.00. The summed E-state index contributed by atoms with van der Waals surface area (Å²) in [5.41, 5.74) is 0.770. The lowest BCUT2D eigenvalue weighted by molar-refractivity contribution is -0.0544. The average Bonchev–Trinajstić information content (AvgIpc) is 2.25. The topological polar surface area (TPSA) is 15.3 Å². The molecule has 0 amide bonds. The Bertz CT molecular complexity index is 194. The number of rotatable bonds is 1. The molecule has 2 heterocycles. The van der Waals surface area contributed by atoms with E-state index >= 15 is 0 Å². The van der Waals surface area contributed by atoms with Crippen LogP contribution in [0.5, 0.6) is 0 Å². The molecule has 2 aliphatic heterocycles. The molecule has 1 aliphatic carbocycles. The van der Waals surface area contributed by atoms with Crippen LogP contribution in [-0.2, 0) is 0 Å². The Kier molecular flexibility index (Phi) is 2.29. The van der Waals surface area contributed by atoms with E-state index in [4.69, 9.17) is 0 Å². The molecule has 0 radical (unpaired) electrons. The maximum atomic E-state index is 3.37. The third kappa shape index (κ3) is 1.49. The van der Waals surface area contributed by atoms with Crippen LogP contribution in [0.15, 0.2) is 0 Å². The molecule has 1 saturated carbocycles. The van der Waals surface area contributed by atoms with Crippen molar-refractivity contribution in [3.05, 3.63) is 0 Å². The first kappa shape index (κ1) is 9.17. The van der Waals surface area contributed by atoms with Gasteiger partial charge in [-0.15, -0.1) is 0 Å². The summed E-state index contributed by atoms with van der Waals surface area (Å²) in [5, 5.41) is 3.37. The van der Waals surface area contributed by atoms with Crippen molar-refractivity contribution in [3.63, 3.8) is 0 Å². The molecular formula is C12H22N2. The Balaban J connectivity index is 1.54. The predicted molar refractivity (Wildman–Crippen MR) is 58.4 cm³/mol. The predicted octanol–water partition coefficient (Wildman–Crippen LogP) is 1.61. The molecular weight excluding hydrogens is 172 g/mol. The first-order chi connectivity index (χ1) is 6.88. The lowest BCUT2D eigenvalue weighted by atomic mass is 9.72. The van der Waals surface area contributed by atoms with Gasteiger partial charge in [0, 0.05) is 32.2 Å². The minimum atomic E-state index is 0.770. The van der Waals surface area contributed by atoms with Crippen molar-refractivity contribution in [3.8, 4) is 0 Å². The summed E-state index contributed by atoms with van der Waals surface area (Å²) in [4.78, 5) is 2.71. The monoisotopic (exact) mass is 194 g/mol. The molecule has 3 rings (SSSR count). The molecule has 0 atom stereocenters. The maximum Gasteiger partial charge on any atom is 0.0345 e. The third-order valence-corrected chi connectivity index (χ3v) is 4.52. The minimum absolute atomic E-state index is 0.770. The Morgan fingerprint density at radius 3 is 2.07 bits per heavy atom. The van der Waals surface area contributed by atoms with Crippen molar-refractivity contribution in [2.75, 3.05) is 26.2 Å². The van der Waals surface area contributed by atoms with Crippen LogP contribution < -0.4 is 5.32 Å². The van der Waals surface area contributed by atoms with E-state index in [1.807, 2.05) is 0 Å². The molecule has 14 heavy (non-hydrogen) atoms. The lowest BCUT2D eigenvalue weighted by Gasteiger charge is -2.55. The highest BCUT2D eigenvalue weighted by Crippen LogP contribution is 2.43. The normalized spacial score (nSPS) is 33.4.